The molecule has 1 heterocycles. The Labute approximate surface area is 186 Å². The van der Waals surface area contributed by atoms with Gasteiger partial charge in [-0.2, -0.15) is 0 Å². The van der Waals surface area contributed by atoms with E-state index in [0.717, 1.165) is 18.4 Å². The molecule has 31 heavy (non-hydrogen) atoms. The van der Waals surface area contributed by atoms with Gasteiger partial charge in [0.15, 0.2) is 5.60 Å². The Morgan fingerprint density at radius 2 is 1.87 bits per heavy atom. The van der Waals surface area contributed by atoms with E-state index < -0.39 is 23.8 Å². The van der Waals surface area contributed by atoms with Crippen molar-refractivity contribution in [2.75, 3.05) is 0 Å². The van der Waals surface area contributed by atoms with Crippen molar-refractivity contribution in [3.8, 4) is 0 Å². The van der Waals surface area contributed by atoms with Crippen molar-refractivity contribution in [3.05, 3.63) is 23.3 Å². The first kappa shape index (κ1) is 23.0. The number of carbonyl (C=O) groups excluding carboxylic acids is 1. The lowest BCUT2D eigenvalue weighted by molar-refractivity contribution is -0.154. The summed E-state index contributed by atoms with van der Waals surface area (Å²) in [5, 5.41) is 30.1. The minimum atomic E-state index is -1.33. The number of hydrogen-bond donors (Lipinski definition) is 3. The molecule has 1 aliphatic heterocycles. The highest BCUT2D eigenvalue weighted by molar-refractivity contribution is 5.80. The van der Waals surface area contributed by atoms with Gasteiger partial charge in [0.05, 0.1) is 12.2 Å². The SMILES string of the molecule is C[C@H](CC1CC(C)(O)C(=O)O1)[C@H]1CC[C@H]2/C(=C/C=C3C[C@@H](O)C[C@H](O)C3)CCC[C@]12C. The van der Waals surface area contributed by atoms with E-state index in [1.54, 1.807) is 6.92 Å². The number of hydrogen-bond acceptors (Lipinski definition) is 5. The van der Waals surface area contributed by atoms with Crippen molar-refractivity contribution in [2.24, 2.45) is 23.2 Å². The second kappa shape index (κ2) is 8.64. The van der Waals surface area contributed by atoms with Crippen LogP contribution in [0.2, 0.25) is 0 Å². The van der Waals surface area contributed by atoms with Gasteiger partial charge in [0, 0.05) is 6.42 Å². The zero-order valence-corrected chi connectivity index (χ0v) is 19.3. The van der Waals surface area contributed by atoms with Gasteiger partial charge in [0.2, 0.25) is 0 Å². The molecule has 0 bridgehead atoms. The number of ether oxygens (including phenoxy) is 1. The van der Waals surface area contributed by atoms with E-state index in [1.165, 1.54) is 31.3 Å². The van der Waals surface area contributed by atoms with E-state index in [2.05, 4.69) is 26.0 Å². The monoisotopic (exact) mass is 432 g/mol. The van der Waals surface area contributed by atoms with Crippen LogP contribution in [0.5, 0.6) is 0 Å². The topological polar surface area (TPSA) is 87.0 Å². The Hall–Kier alpha value is -1.17. The van der Waals surface area contributed by atoms with Gasteiger partial charge < -0.3 is 20.1 Å². The van der Waals surface area contributed by atoms with Gasteiger partial charge >= 0.3 is 5.97 Å². The summed E-state index contributed by atoms with van der Waals surface area (Å²) >= 11 is 0. The van der Waals surface area contributed by atoms with E-state index in [4.69, 9.17) is 4.74 Å². The number of aliphatic hydroxyl groups is 3. The largest absolute Gasteiger partial charge is 0.460 e. The molecule has 4 rings (SSSR count). The van der Waals surface area contributed by atoms with Crippen molar-refractivity contribution in [3.63, 3.8) is 0 Å². The smallest absolute Gasteiger partial charge is 0.338 e. The van der Waals surface area contributed by atoms with Crippen LogP contribution in [0, 0.1) is 23.2 Å². The molecule has 4 fully saturated rings. The Bertz CT molecular complexity index is 741. The lowest BCUT2D eigenvalue weighted by atomic mass is 9.60. The van der Waals surface area contributed by atoms with Crippen LogP contribution >= 0.6 is 0 Å². The van der Waals surface area contributed by atoms with E-state index in [9.17, 15) is 20.1 Å². The predicted molar refractivity (Wildman–Crippen MR) is 119 cm³/mol. The quantitative estimate of drug-likeness (QED) is 0.583. The molecule has 8 atom stereocenters. The number of aliphatic hydroxyl groups excluding tert-OH is 2. The summed E-state index contributed by atoms with van der Waals surface area (Å²) in [7, 11) is 0. The minimum absolute atomic E-state index is 0.173. The van der Waals surface area contributed by atoms with Crippen LogP contribution in [-0.2, 0) is 9.53 Å². The van der Waals surface area contributed by atoms with Crippen molar-refractivity contribution < 1.29 is 24.9 Å². The summed E-state index contributed by atoms with van der Waals surface area (Å²) in [5.41, 5.74) is 1.62. The van der Waals surface area contributed by atoms with Crippen molar-refractivity contribution in [1.29, 1.82) is 0 Å². The van der Waals surface area contributed by atoms with E-state index in [-0.39, 0.29) is 11.5 Å². The molecule has 3 aliphatic carbocycles. The first-order chi connectivity index (χ1) is 14.6. The standard InChI is InChI=1S/C26H40O5/c1-16(11-21-15-26(3,30)24(29)31-21)22-8-9-23-18(5-4-10-25(22,23)2)7-6-17-12-19(27)14-20(28)13-17/h6-7,16,19-23,27-28,30H,4-5,8-15H2,1-3H3/b18-7+/t16-,19-,20-,21?,22-,23+,25-,26?/m1/s1. The fourth-order valence-corrected chi connectivity index (χ4v) is 7.30. The lowest BCUT2D eigenvalue weighted by Crippen LogP contribution is -2.36. The molecule has 5 heteroatoms. The fraction of sp³-hybridized carbons (Fsp3) is 0.808. The molecule has 1 saturated heterocycles. The molecule has 0 aromatic carbocycles. The Morgan fingerprint density at radius 1 is 1.16 bits per heavy atom. The summed E-state index contributed by atoms with van der Waals surface area (Å²) < 4.78 is 5.47. The molecule has 0 aromatic rings. The second-order valence-corrected chi connectivity index (χ2v) is 11.3. The molecule has 174 valence electrons. The Kier molecular flexibility index (Phi) is 6.41. The Balaban J connectivity index is 1.44. The van der Waals surface area contributed by atoms with Gasteiger partial charge in [-0.15, -0.1) is 0 Å². The third-order valence-corrected chi connectivity index (χ3v) is 8.77. The third-order valence-electron chi connectivity index (χ3n) is 8.77. The highest BCUT2D eigenvalue weighted by atomic mass is 16.6. The van der Waals surface area contributed by atoms with Gasteiger partial charge in [-0.25, -0.2) is 4.79 Å². The maximum absolute atomic E-state index is 11.9. The van der Waals surface area contributed by atoms with Crippen molar-refractivity contribution in [2.45, 2.75) is 109 Å². The van der Waals surface area contributed by atoms with Gasteiger partial charge in [-0.3, -0.25) is 0 Å². The van der Waals surface area contributed by atoms with E-state index in [1.807, 2.05) is 0 Å². The highest BCUT2D eigenvalue weighted by Crippen LogP contribution is 2.60. The summed E-state index contributed by atoms with van der Waals surface area (Å²) in [6.45, 7) is 6.31. The van der Waals surface area contributed by atoms with E-state index >= 15 is 0 Å². The van der Waals surface area contributed by atoms with Crippen LogP contribution < -0.4 is 0 Å². The van der Waals surface area contributed by atoms with Crippen LogP contribution in [0.25, 0.3) is 0 Å². The number of esters is 1. The number of fused-ring (bicyclic) bond motifs is 1. The number of allylic oxidation sites excluding steroid dienone is 3. The molecule has 0 spiro atoms. The van der Waals surface area contributed by atoms with Crippen molar-refractivity contribution in [1.82, 2.24) is 0 Å². The fourth-order valence-electron chi connectivity index (χ4n) is 7.30. The van der Waals surface area contributed by atoms with Crippen LogP contribution in [0.4, 0.5) is 0 Å². The second-order valence-electron chi connectivity index (χ2n) is 11.3. The molecule has 5 nitrogen and oxygen atoms in total. The number of cyclic esters (lactones) is 1. The highest BCUT2D eigenvalue weighted by Gasteiger charge is 2.52. The Morgan fingerprint density at radius 3 is 2.52 bits per heavy atom. The van der Waals surface area contributed by atoms with Crippen LogP contribution in [0.15, 0.2) is 23.3 Å². The average molecular weight is 433 g/mol. The van der Waals surface area contributed by atoms with Gasteiger partial charge in [0.1, 0.15) is 6.10 Å². The zero-order valence-electron chi connectivity index (χ0n) is 19.3. The molecule has 4 aliphatic rings. The summed E-state index contributed by atoms with van der Waals surface area (Å²) in [6, 6.07) is 0. The van der Waals surface area contributed by atoms with Gasteiger partial charge in [0.25, 0.3) is 0 Å². The average Bonchev–Trinajstić information content (AvgIpc) is 3.14. The summed E-state index contributed by atoms with van der Waals surface area (Å²) in [4.78, 5) is 11.9. The normalized spacial score (nSPS) is 45.5. The van der Waals surface area contributed by atoms with Crippen LogP contribution in [0.1, 0.15) is 85.0 Å². The molecule has 0 amide bonds. The summed E-state index contributed by atoms with van der Waals surface area (Å²) in [5.74, 6) is 1.15. The summed E-state index contributed by atoms with van der Waals surface area (Å²) in [6.07, 6.45) is 12.5. The van der Waals surface area contributed by atoms with Crippen LogP contribution in [0.3, 0.4) is 0 Å². The molecule has 3 N–H and O–H groups in total. The van der Waals surface area contributed by atoms with Gasteiger partial charge in [-0.1, -0.05) is 37.1 Å². The maximum Gasteiger partial charge on any atom is 0.338 e. The molecule has 0 radical (unpaired) electrons. The first-order valence-electron chi connectivity index (χ1n) is 12.3. The molecular formula is C26H40O5. The third kappa shape index (κ3) is 4.65. The zero-order chi connectivity index (χ0) is 22.4. The number of rotatable bonds is 4. The van der Waals surface area contributed by atoms with E-state index in [0.29, 0.717) is 43.4 Å². The first-order valence-corrected chi connectivity index (χ1v) is 12.3. The van der Waals surface area contributed by atoms with Crippen LogP contribution in [-0.4, -0.2) is 45.2 Å². The lowest BCUT2D eigenvalue weighted by Gasteiger charge is -2.44. The van der Waals surface area contributed by atoms with Gasteiger partial charge in [-0.05, 0) is 87.9 Å². The maximum atomic E-state index is 11.9. The number of carbonyl (C=O) groups is 1. The predicted octanol–water partition coefficient (Wildman–Crippen LogP) is 4.05. The van der Waals surface area contributed by atoms with Crippen molar-refractivity contribution >= 4 is 5.97 Å². The minimum Gasteiger partial charge on any atom is -0.460 e. The molecule has 2 unspecified atom stereocenters. The molecular weight excluding hydrogens is 392 g/mol. The molecule has 0 aromatic heterocycles. The molecule has 3 saturated carbocycles.